The van der Waals surface area contributed by atoms with Crippen LogP contribution in [0, 0.1) is 12.7 Å². The summed E-state index contributed by atoms with van der Waals surface area (Å²) in [5.41, 5.74) is 1.37. The van der Waals surface area contributed by atoms with E-state index < -0.39 is 15.9 Å². The van der Waals surface area contributed by atoms with Crippen LogP contribution < -0.4 is 4.18 Å². The van der Waals surface area contributed by atoms with Gasteiger partial charge in [0, 0.05) is 0 Å². The highest BCUT2D eigenvalue weighted by atomic mass is 32.2. The molecule has 0 aromatic heterocycles. The fourth-order valence-corrected chi connectivity index (χ4v) is 3.23. The Morgan fingerprint density at radius 2 is 1.86 bits per heavy atom. The molecule has 0 aliphatic heterocycles. The number of halogens is 1. The molecule has 0 bridgehead atoms. The van der Waals surface area contributed by atoms with Crippen molar-refractivity contribution < 1.29 is 17.0 Å². The van der Waals surface area contributed by atoms with Crippen LogP contribution in [0.2, 0.25) is 0 Å². The summed E-state index contributed by atoms with van der Waals surface area (Å²) in [6.07, 6.45) is 1.63. The van der Waals surface area contributed by atoms with Crippen LogP contribution in [0.15, 0.2) is 47.4 Å². The Morgan fingerprint density at radius 3 is 2.48 bits per heavy atom. The van der Waals surface area contributed by atoms with Gasteiger partial charge in [-0.05, 0) is 42.7 Å². The Kier molecular flexibility index (Phi) is 4.63. The zero-order chi connectivity index (χ0) is 15.5. The Morgan fingerprint density at radius 1 is 1.14 bits per heavy atom. The molecule has 0 saturated carbocycles. The topological polar surface area (TPSA) is 43.4 Å². The minimum absolute atomic E-state index is 0.0436. The van der Waals surface area contributed by atoms with Crippen LogP contribution in [0.1, 0.15) is 24.5 Å². The summed E-state index contributed by atoms with van der Waals surface area (Å²) >= 11 is 0. The molecule has 0 heterocycles. The van der Waals surface area contributed by atoms with E-state index in [0.29, 0.717) is 5.56 Å². The van der Waals surface area contributed by atoms with Crippen LogP contribution >= 0.6 is 0 Å². The average Bonchev–Trinajstić information content (AvgIpc) is 2.42. The molecule has 0 fully saturated rings. The highest BCUT2D eigenvalue weighted by Crippen LogP contribution is 2.24. The van der Waals surface area contributed by atoms with E-state index in [1.807, 2.05) is 6.92 Å². The quantitative estimate of drug-likeness (QED) is 0.788. The molecule has 2 aromatic carbocycles. The third-order valence-electron chi connectivity index (χ3n) is 3.10. The van der Waals surface area contributed by atoms with Gasteiger partial charge in [-0.1, -0.05) is 37.6 Å². The predicted octanol–water partition coefficient (Wildman–Crippen LogP) is 3.85. The van der Waals surface area contributed by atoms with Crippen molar-refractivity contribution in [2.24, 2.45) is 0 Å². The first-order valence-electron chi connectivity index (χ1n) is 6.72. The lowest BCUT2D eigenvalue weighted by Crippen LogP contribution is -2.12. The third-order valence-corrected chi connectivity index (χ3v) is 4.49. The summed E-state index contributed by atoms with van der Waals surface area (Å²) in [6, 6.07) is 10.8. The van der Waals surface area contributed by atoms with E-state index in [1.54, 1.807) is 31.2 Å². The van der Waals surface area contributed by atoms with Crippen LogP contribution in [0.3, 0.4) is 0 Å². The SMILES string of the molecule is CCCc1ccc(OS(=O)(=O)c2ccccc2C)c(F)c1. The summed E-state index contributed by atoms with van der Waals surface area (Å²) < 4.78 is 43.3. The van der Waals surface area contributed by atoms with Gasteiger partial charge in [-0.25, -0.2) is 4.39 Å². The lowest BCUT2D eigenvalue weighted by atomic mass is 10.1. The molecule has 0 amide bonds. The molecule has 3 nitrogen and oxygen atoms in total. The Hall–Kier alpha value is -1.88. The van der Waals surface area contributed by atoms with Crippen molar-refractivity contribution in [2.45, 2.75) is 31.6 Å². The molecule has 112 valence electrons. The van der Waals surface area contributed by atoms with Gasteiger partial charge in [-0.2, -0.15) is 8.42 Å². The van der Waals surface area contributed by atoms with Crippen molar-refractivity contribution in [3.05, 3.63) is 59.4 Å². The molecule has 0 atom stereocenters. The summed E-state index contributed by atoms with van der Waals surface area (Å²) in [5, 5.41) is 0. The third kappa shape index (κ3) is 3.61. The molecule has 0 spiro atoms. The van der Waals surface area contributed by atoms with Crippen LogP contribution in [0.25, 0.3) is 0 Å². The summed E-state index contributed by atoms with van der Waals surface area (Å²) in [4.78, 5) is 0.0436. The number of benzene rings is 2. The van der Waals surface area contributed by atoms with Gasteiger partial charge in [-0.15, -0.1) is 0 Å². The van der Waals surface area contributed by atoms with E-state index in [-0.39, 0.29) is 10.6 Å². The molecule has 2 rings (SSSR count). The standard InChI is InChI=1S/C16H17FO3S/c1-3-6-13-9-10-15(14(17)11-13)20-21(18,19)16-8-5-4-7-12(16)2/h4-5,7-11H,3,6H2,1-2H3. The smallest absolute Gasteiger partial charge is 0.339 e. The van der Waals surface area contributed by atoms with Crippen molar-refractivity contribution in [1.29, 1.82) is 0 Å². The van der Waals surface area contributed by atoms with Crippen LogP contribution in [0.5, 0.6) is 5.75 Å². The number of rotatable bonds is 5. The second-order valence-corrected chi connectivity index (χ2v) is 6.33. The van der Waals surface area contributed by atoms with E-state index in [1.165, 1.54) is 18.2 Å². The normalized spacial score (nSPS) is 11.4. The summed E-state index contributed by atoms with van der Waals surface area (Å²) in [5.74, 6) is -0.948. The molecule has 0 saturated heterocycles. The highest BCUT2D eigenvalue weighted by Gasteiger charge is 2.20. The monoisotopic (exact) mass is 308 g/mol. The first kappa shape index (κ1) is 15.5. The summed E-state index contributed by atoms with van der Waals surface area (Å²) in [7, 11) is -4.03. The molecule has 2 aromatic rings. The minimum Gasteiger partial charge on any atom is -0.376 e. The average molecular weight is 308 g/mol. The largest absolute Gasteiger partial charge is 0.376 e. The zero-order valence-corrected chi connectivity index (χ0v) is 12.8. The van der Waals surface area contributed by atoms with E-state index in [9.17, 15) is 12.8 Å². The van der Waals surface area contributed by atoms with Crippen molar-refractivity contribution in [3.63, 3.8) is 0 Å². The van der Waals surface area contributed by atoms with Gasteiger partial charge < -0.3 is 4.18 Å². The van der Waals surface area contributed by atoms with Gasteiger partial charge >= 0.3 is 10.1 Å². The number of hydrogen-bond acceptors (Lipinski definition) is 3. The molecule has 0 N–H and O–H groups in total. The van der Waals surface area contributed by atoms with E-state index in [0.717, 1.165) is 18.4 Å². The lowest BCUT2D eigenvalue weighted by Gasteiger charge is -2.10. The second-order valence-electron chi connectivity index (χ2n) is 4.82. The molecule has 0 aliphatic carbocycles. The highest BCUT2D eigenvalue weighted by molar-refractivity contribution is 7.87. The van der Waals surface area contributed by atoms with Crippen molar-refractivity contribution in [3.8, 4) is 5.75 Å². The number of hydrogen-bond donors (Lipinski definition) is 0. The summed E-state index contributed by atoms with van der Waals surface area (Å²) in [6.45, 7) is 3.65. The fraction of sp³-hybridized carbons (Fsp3) is 0.250. The Balaban J connectivity index is 2.31. The first-order valence-corrected chi connectivity index (χ1v) is 8.13. The van der Waals surface area contributed by atoms with Gasteiger partial charge in [0.2, 0.25) is 0 Å². The van der Waals surface area contributed by atoms with E-state index in [2.05, 4.69) is 0 Å². The molecular formula is C16H17FO3S. The van der Waals surface area contributed by atoms with Crippen molar-refractivity contribution in [2.75, 3.05) is 0 Å². The molecular weight excluding hydrogens is 291 g/mol. The maximum absolute atomic E-state index is 13.9. The van der Waals surface area contributed by atoms with Crippen LogP contribution in [0.4, 0.5) is 4.39 Å². The molecule has 0 unspecified atom stereocenters. The van der Waals surface area contributed by atoms with Gasteiger partial charge in [0.15, 0.2) is 11.6 Å². The van der Waals surface area contributed by atoms with Gasteiger partial charge in [0.1, 0.15) is 4.90 Å². The maximum Gasteiger partial charge on any atom is 0.339 e. The molecule has 0 radical (unpaired) electrons. The van der Waals surface area contributed by atoms with E-state index >= 15 is 0 Å². The van der Waals surface area contributed by atoms with Gasteiger partial charge in [-0.3, -0.25) is 0 Å². The predicted molar refractivity (Wildman–Crippen MR) is 79.4 cm³/mol. The van der Waals surface area contributed by atoms with Gasteiger partial charge in [0.25, 0.3) is 0 Å². The van der Waals surface area contributed by atoms with Crippen molar-refractivity contribution >= 4 is 10.1 Å². The molecule has 0 aliphatic rings. The maximum atomic E-state index is 13.9. The van der Waals surface area contributed by atoms with Crippen molar-refractivity contribution in [1.82, 2.24) is 0 Å². The fourth-order valence-electron chi connectivity index (χ4n) is 2.06. The Labute approximate surface area is 124 Å². The molecule has 5 heteroatoms. The number of aryl methyl sites for hydroxylation is 2. The van der Waals surface area contributed by atoms with Gasteiger partial charge in [0.05, 0.1) is 0 Å². The minimum atomic E-state index is -4.03. The zero-order valence-electron chi connectivity index (χ0n) is 12.0. The first-order chi connectivity index (χ1) is 9.94. The Bertz CT molecular complexity index is 739. The second kappa shape index (κ2) is 6.26. The molecule has 21 heavy (non-hydrogen) atoms. The lowest BCUT2D eigenvalue weighted by molar-refractivity contribution is 0.460. The van der Waals surface area contributed by atoms with Crippen LogP contribution in [-0.2, 0) is 16.5 Å². The van der Waals surface area contributed by atoms with Crippen LogP contribution in [-0.4, -0.2) is 8.42 Å². The van der Waals surface area contributed by atoms with E-state index in [4.69, 9.17) is 4.18 Å².